The quantitative estimate of drug-likeness (QED) is 0.826. The van der Waals surface area contributed by atoms with E-state index in [2.05, 4.69) is 15.3 Å². The molecule has 2 N–H and O–H groups in total. The van der Waals surface area contributed by atoms with Gasteiger partial charge in [-0.3, -0.25) is 4.98 Å². The van der Waals surface area contributed by atoms with Gasteiger partial charge >= 0.3 is 12.1 Å². The fraction of sp³-hybridized carbons (Fsp3) is 0.357. The van der Waals surface area contributed by atoms with E-state index in [1.165, 1.54) is 0 Å². The third-order valence-corrected chi connectivity index (χ3v) is 3.04. The van der Waals surface area contributed by atoms with E-state index < -0.39 is 17.7 Å². The highest BCUT2D eigenvalue weighted by Crippen LogP contribution is 2.31. The van der Waals surface area contributed by atoms with Crippen LogP contribution < -0.4 is 5.32 Å². The number of carboxylic acids is 1. The largest absolute Gasteiger partial charge is 0.477 e. The number of anilines is 1. The van der Waals surface area contributed by atoms with Crippen molar-refractivity contribution in [3.8, 4) is 0 Å². The van der Waals surface area contributed by atoms with Crippen LogP contribution >= 0.6 is 0 Å². The van der Waals surface area contributed by atoms with E-state index >= 15 is 0 Å². The van der Waals surface area contributed by atoms with E-state index in [9.17, 15) is 18.0 Å². The number of halogens is 3. The number of pyridine rings is 2. The van der Waals surface area contributed by atoms with Gasteiger partial charge in [0, 0.05) is 18.1 Å². The lowest BCUT2D eigenvalue weighted by atomic mass is 10.1. The molecule has 0 saturated carbocycles. The summed E-state index contributed by atoms with van der Waals surface area (Å²) < 4.78 is 38.2. The number of alkyl halides is 3. The molecule has 2 aromatic heterocycles. The molecular weight excluding hydrogens is 299 g/mol. The summed E-state index contributed by atoms with van der Waals surface area (Å²) in [5.74, 6) is -1.13. The second kappa shape index (κ2) is 6.17. The molecule has 0 aliphatic rings. The number of rotatable bonds is 5. The highest BCUT2D eigenvalue weighted by atomic mass is 19.4. The Morgan fingerprint density at radius 1 is 1.36 bits per heavy atom. The average molecular weight is 313 g/mol. The van der Waals surface area contributed by atoms with Crippen LogP contribution in [0.15, 0.2) is 18.3 Å². The first-order chi connectivity index (χ1) is 10.3. The summed E-state index contributed by atoms with van der Waals surface area (Å²) in [6.07, 6.45) is -2.09. The van der Waals surface area contributed by atoms with Crippen LogP contribution in [0.3, 0.4) is 0 Å². The van der Waals surface area contributed by atoms with Gasteiger partial charge in [-0.15, -0.1) is 0 Å². The van der Waals surface area contributed by atoms with Gasteiger partial charge in [0.15, 0.2) is 11.5 Å². The van der Waals surface area contributed by atoms with Crippen molar-refractivity contribution >= 4 is 22.7 Å². The summed E-state index contributed by atoms with van der Waals surface area (Å²) in [6, 6.07) is 1.96. The minimum atomic E-state index is -4.54. The number of unbranched alkanes of at least 4 members (excludes halogenated alkanes) is 1. The Morgan fingerprint density at radius 2 is 2.09 bits per heavy atom. The zero-order chi connectivity index (χ0) is 16.3. The summed E-state index contributed by atoms with van der Waals surface area (Å²) in [6.45, 7) is 2.51. The van der Waals surface area contributed by atoms with E-state index in [1.54, 1.807) is 0 Å². The minimum Gasteiger partial charge on any atom is -0.477 e. The molecule has 0 aromatic carbocycles. The third kappa shape index (κ3) is 3.44. The number of carboxylic acid groups (broad SMARTS) is 1. The number of nitrogens with zero attached hydrogens (tertiary/aromatic N) is 2. The third-order valence-electron chi connectivity index (χ3n) is 3.04. The number of hydrogen-bond donors (Lipinski definition) is 2. The number of aromatic carboxylic acids is 1. The summed E-state index contributed by atoms with van der Waals surface area (Å²) >= 11 is 0. The average Bonchev–Trinajstić information content (AvgIpc) is 2.45. The van der Waals surface area contributed by atoms with E-state index in [1.807, 2.05) is 6.92 Å². The Balaban J connectivity index is 2.54. The van der Waals surface area contributed by atoms with Crippen LogP contribution in [-0.4, -0.2) is 27.6 Å². The van der Waals surface area contributed by atoms with Crippen molar-refractivity contribution in [3.05, 3.63) is 29.6 Å². The number of aromatic nitrogens is 2. The summed E-state index contributed by atoms with van der Waals surface area (Å²) in [5, 5.41) is 12.0. The highest BCUT2D eigenvalue weighted by molar-refractivity contribution is 5.95. The molecule has 22 heavy (non-hydrogen) atoms. The molecular formula is C14H14F3N3O2. The number of nitrogens with one attached hydrogen (secondary N) is 1. The van der Waals surface area contributed by atoms with Gasteiger partial charge in [-0.05, 0) is 18.6 Å². The zero-order valence-electron chi connectivity index (χ0n) is 11.7. The highest BCUT2D eigenvalue weighted by Gasteiger charge is 2.31. The molecule has 0 amide bonds. The summed E-state index contributed by atoms with van der Waals surface area (Å²) in [7, 11) is 0. The Bertz CT molecular complexity index is 702. The predicted octanol–water partition coefficient (Wildman–Crippen LogP) is 3.56. The molecule has 2 aromatic rings. The molecule has 0 aliphatic carbocycles. The molecule has 0 spiro atoms. The molecule has 8 heteroatoms. The minimum absolute atomic E-state index is 0.0845. The molecule has 0 fully saturated rings. The Hall–Kier alpha value is -2.38. The van der Waals surface area contributed by atoms with E-state index in [0.29, 0.717) is 6.54 Å². The maximum atomic E-state index is 12.7. The van der Waals surface area contributed by atoms with Crippen LogP contribution in [0.4, 0.5) is 19.0 Å². The van der Waals surface area contributed by atoms with Crippen LogP contribution in [0.5, 0.6) is 0 Å². The van der Waals surface area contributed by atoms with Crippen molar-refractivity contribution in [2.75, 3.05) is 11.9 Å². The van der Waals surface area contributed by atoms with Crippen LogP contribution in [0.2, 0.25) is 0 Å². The van der Waals surface area contributed by atoms with Gasteiger partial charge in [0.25, 0.3) is 0 Å². The van der Waals surface area contributed by atoms with Crippen molar-refractivity contribution in [3.63, 3.8) is 0 Å². The first-order valence-corrected chi connectivity index (χ1v) is 6.68. The predicted molar refractivity (Wildman–Crippen MR) is 74.9 cm³/mol. The standard InChI is InChI=1S/C14H14F3N3O2/c1-2-3-4-18-12-11-8(6-10(20-12)13(21)22)5-9(7-19-11)14(15,16)17/h5-7H,2-4H2,1H3,(H,18,20)(H,21,22). The van der Waals surface area contributed by atoms with Gasteiger partial charge in [-0.25, -0.2) is 9.78 Å². The molecule has 2 heterocycles. The van der Waals surface area contributed by atoms with Crippen LogP contribution in [0.1, 0.15) is 35.8 Å². The second-order valence-electron chi connectivity index (χ2n) is 4.74. The number of carbonyl (C=O) groups is 1. The molecule has 0 radical (unpaired) electrons. The summed E-state index contributed by atoms with van der Waals surface area (Å²) in [4.78, 5) is 18.8. The smallest absolute Gasteiger partial charge is 0.417 e. The zero-order valence-corrected chi connectivity index (χ0v) is 11.7. The monoisotopic (exact) mass is 313 g/mol. The van der Waals surface area contributed by atoms with Crippen molar-refractivity contribution in [1.29, 1.82) is 0 Å². The van der Waals surface area contributed by atoms with Gasteiger partial charge in [0.05, 0.1) is 5.56 Å². The van der Waals surface area contributed by atoms with Crippen molar-refractivity contribution < 1.29 is 23.1 Å². The molecule has 0 atom stereocenters. The molecule has 0 bridgehead atoms. The number of fused-ring (bicyclic) bond motifs is 1. The van der Waals surface area contributed by atoms with Crippen molar-refractivity contribution in [2.24, 2.45) is 0 Å². The van der Waals surface area contributed by atoms with Gasteiger partial charge in [-0.1, -0.05) is 13.3 Å². The normalized spacial score (nSPS) is 11.6. The Morgan fingerprint density at radius 3 is 2.68 bits per heavy atom. The molecule has 0 unspecified atom stereocenters. The molecule has 118 valence electrons. The van der Waals surface area contributed by atoms with E-state index in [4.69, 9.17) is 5.11 Å². The summed E-state index contributed by atoms with van der Waals surface area (Å²) in [5.41, 5.74) is -1.04. The maximum Gasteiger partial charge on any atom is 0.417 e. The van der Waals surface area contributed by atoms with Crippen molar-refractivity contribution in [2.45, 2.75) is 25.9 Å². The first-order valence-electron chi connectivity index (χ1n) is 6.68. The molecule has 5 nitrogen and oxygen atoms in total. The Labute approximate surface area is 124 Å². The lowest BCUT2D eigenvalue weighted by Gasteiger charge is -2.11. The van der Waals surface area contributed by atoms with Crippen LogP contribution in [0, 0.1) is 0 Å². The van der Waals surface area contributed by atoms with E-state index in [0.717, 1.165) is 31.2 Å². The van der Waals surface area contributed by atoms with Gasteiger partial charge < -0.3 is 10.4 Å². The van der Waals surface area contributed by atoms with Crippen LogP contribution in [0.25, 0.3) is 10.9 Å². The maximum absolute atomic E-state index is 12.7. The SMILES string of the molecule is CCCCNc1nc(C(=O)O)cc2cc(C(F)(F)F)cnc12. The Kier molecular flexibility index (Phi) is 4.48. The molecule has 2 rings (SSSR count). The van der Waals surface area contributed by atoms with E-state index in [-0.39, 0.29) is 22.4 Å². The van der Waals surface area contributed by atoms with Gasteiger partial charge in [0.2, 0.25) is 0 Å². The lowest BCUT2D eigenvalue weighted by molar-refractivity contribution is -0.137. The fourth-order valence-corrected chi connectivity index (χ4v) is 1.91. The molecule has 0 saturated heterocycles. The van der Waals surface area contributed by atoms with Crippen LogP contribution in [-0.2, 0) is 6.18 Å². The second-order valence-corrected chi connectivity index (χ2v) is 4.74. The lowest BCUT2D eigenvalue weighted by Crippen LogP contribution is -2.10. The number of hydrogen-bond acceptors (Lipinski definition) is 4. The van der Waals surface area contributed by atoms with Crippen molar-refractivity contribution in [1.82, 2.24) is 9.97 Å². The fourth-order valence-electron chi connectivity index (χ4n) is 1.91. The van der Waals surface area contributed by atoms with Gasteiger partial charge in [0.1, 0.15) is 5.52 Å². The van der Waals surface area contributed by atoms with Gasteiger partial charge in [-0.2, -0.15) is 13.2 Å². The molecule has 0 aliphatic heterocycles. The first kappa shape index (κ1) is 16.0. The topological polar surface area (TPSA) is 75.1 Å².